The van der Waals surface area contributed by atoms with Crippen molar-refractivity contribution in [3.8, 4) is 0 Å². The van der Waals surface area contributed by atoms with Gasteiger partial charge in [0.1, 0.15) is 5.15 Å². The summed E-state index contributed by atoms with van der Waals surface area (Å²) < 4.78 is 0. The summed E-state index contributed by atoms with van der Waals surface area (Å²) in [7, 11) is 0. The maximum atomic E-state index is 12.3. The molecule has 0 aliphatic carbocycles. The fraction of sp³-hybridized carbons (Fsp3) is 0.500. The molecule has 1 aliphatic rings. The fourth-order valence-corrected chi connectivity index (χ4v) is 2.36. The summed E-state index contributed by atoms with van der Waals surface area (Å²) in [6, 6.07) is 3.27. The zero-order valence-electron chi connectivity index (χ0n) is 9.47. The molecule has 4 nitrogen and oxygen atoms in total. The van der Waals surface area contributed by atoms with Crippen molar-refractivity contribution in [3.63, 3.8) is 0 Å². The fourth-order valence-electron chi connectivity index (χ4n) is 2.16. The lowest BCUT2D eigenvalue weighted by Gasteiger charge is -2.34. The number of halogens is 1. The predicted molar refractivity (Wildman–Crippen MR) is 65.0 cm³/mol. The first kappa shape index (κ1) is 12.3. The van der Waals surface area contributed by atoms with Crippen molar-refractivity contribution in [3.05, 3.63) is 29.0 Å². The van der Waals surface area contributed by atoms with Crippen LogP contribution < -0.4 is 0 Å². The first-order chi connectivity index (χ1) is 8.24. The normalized spacial score (nSPS) is 20.4. The Kier molecular flexibility index (Phi) is 3.97. The third kappa shape index (κ3) is 2.58. The second kappa shape index (κ2) is 5.47. The monoisotopic (exact) mass is 254 g/mol. The van der Waals surface area contributed by atoms with Crippen molar-refractivity contribution in [2.45, 2.75) is 25.3 Å². The summed E-state index contributed by atoms with van der Waals surface area (Å²) in [5.41, 5.74) is 0.412. The topological polar surface area (TPSA) is 53.4 Å². The maximum Gasteiger partial charge on any atom is 0.257 e. The lowest BCUT2D eigenvalue weighted by atomic mass is 10.0. The number of carbonyl (C=O) groups is 1. The Balaban J connectivity index is 2.21. The van der Waals surface area contributed by atoms with Crippen molar-refractivity contribution >= 4 is 17.5 Å². The van der Waals surface area contributed by atoms with Gasteiger partial charge in [-0.25, -0.2) is 4.98 Å². The molecule has 92 valence electrons. The number of carbonyl (C=O) groups excluding carboxylic acids is 1. The molecular weight excluding hydrogens is 240 g/mol. The smallest absolute Gasteiger partial charge is 0.257 e. The van der Waals surface area contributed by atoms with Crippen molar-refractivity contribution in [2.24, 2.45) is 0 Å². The molecule has 1 aromatic heterocycles. The molecule has 1 unspecified atom stereocenters. The number of pyridine rings is 1. The van der Waals surface area contributed by atoms with Gasteiger partial charge in [-0.2, -0.15) is 0 Å². The van der Waals surface area contributed by atoms with Crippen LogP contribution in [0.15, 0.2) is 18.3 Å². The molecule has 0 spiro atoms. The van der Waals surface area contributed by atoms with Gasteiger partial charge in [0.2, 0.25) is 0 Å². The van der Waals surface area contributed by atoms with Crippen LogP contribution in [0.1, 0.15) is 29.6 Å². The van der Waals surface area contributed by atoms with E-state index in [1.165, 1.54) is 0 Å². The second-order valence-electron chi connectivity index (χ2n) is 4.17. The molecule has 1 fully saturated rings. The SMILES string of the molecule is O=C(c1cccnc1Cl)N1CCCCC1CO. The Morgan fingerprint density at radius 2 is 2.41 bits per heavy atom. The minimum absolute atomic E-state index is 0.00359. The van der Waals surface area contributed by atoms with Gasteiger partial charge < -0.3 is 10.0 Å². The van der Waals surface area contributed by atoms with Crippen molar-refractivity contribution in [2.75, 3.05) is 13.2 Å². The summed E-state index contributed by atoms with van der Waals surface area (Å²) in [6.45, 7) is 0.679. The van der Waals surface area contributed by atoms with Gasteiger partial charge in [0, 0.05) is 12.7 Å². The van der Waals surface area contributed by atoms with Crippen LogP contribution in [0.2, 0.25) is 5.15 Å². The van der Waals surface area contributed by atoms with Gasteiger partial charge in [-0.15, -0.1) is 0 Å². The Morgan fingerprint density at radius 1 is 1.59 bits per heavy atom. The predicted octanol–water partition coefficient (Wildman–Crippen LogP) is 1.72. The lowest BCUT2D eigenvalue weighted by molar-refractivity contribution is 0.0503. The standard InChI is InChI=1S/C12H15ClN2O2/c13-11-10(5-3-6-14-11)12(17)15-7-2-1-4-9(15)8-16/h3,5-6,9,16H,1-2,4,7-8H2. The number of piperidine rings is 1. The Bertz CT molecular complexity index is 411. The molecule has 1 aliphatic heterocycles. The number of rotatable bonds is 2. The average Bonchev–Trinajstić information content (AvgIpc) is 2.38. The van der Waals surface area contributed by atoms with E-state index in [2.05, 4.69) is 4.98 Å². The van der Waals surface area contributed by atoms with Crippen LogP contribution in [-0.4, -0.2) is 40.1 Å². The van der Waals surface area contributed by atoms with Gasteiger partial charge in [-0.3, -0.25) is 4.79 Å². The van der Waals surface area contributed by atoms with E-state index >= 15 is 0 Å². The molecule has 2 rings (SSSR count). The summed E-state index contributed by atoms with van der Waals surface area (Å²) in [6.07, 6.45) is 4.43. The number of aliphatic hydroxyl groups excluding tert-OH is 1. The molecule has 1 amide bonds. The molecule has 1 saturated heterocycles. The molecule has 1 aromatic rings. The highest BCUT2D eigenvalue weighted by molar-refractivity contribution is 6.32. The average molecular weight is 255 g/mol. The highest BCUT2D eigenvalue weighted by Crippen LogP contribution is 2.21. The van der Waals surface area contributed by atoms with Gasteiger partial charge in [0.05, 0.1) is 18.2 Å². The molecule has 0 saturated carbocycles. The highest BCUT2D eigenvalue weighted by atomic mass is 35.5. The molecule has 0 radical (unpaired) electrons. The number of hydrogen-bond acceptors (Lipinski definition) is 3. The van der Waals surface area contributed by atoms with Gasteiger partial charge in [-0.1, -0.05) is 11.6 Å². The summed E-state index contributed by atoms with van der Waals surface area (Å²) in [5.74, 6) is -0.137. The van der Waals surface area contributed by atoms with Crippen LogP contribution in [0.3, 0.4) is 0 Å². The quantitative estimate of drug-likeness (QED) is 0.818. The minimum atomic E-state index is -0.137. The first-order valence-electron chi connectivity index (χ1n) is 5.76. The number of amides is 1. The molecule has 1 N–H and O–H groups in total. The molecule has 0 aromatic carbocycles. The van der Waals surface area contributed by atoms with E-state index in [0.29, 0.717) is 12.1 Å². The van der Waals surface area contributed by atoms with Gasteiger partial charge in [-0.05, 0) is 31.4 Å². The van der Waals surface area contributed by atoms with Gasteiger partial charge in [0.15, 0.2) is 0 Å². The third-order valence-electron chi connectivity index (χ3n) is 3.09. The van der Waals surface area contributed by atoms with Gasteiger partial charge >= 0.3 is 0 Å². The van der Waals surface area contributed by atoms with E-state index in [0.717, 1.165) is 19.3 Å². The second-order valence-corrected chi connectivity index (χ2v) is 4.53. The molecule has 2 heterocycles. The highest BCUT2D eigenvalue weighted by Gasteiger charge is 2.28. The molecule has 1 atom stereocenters. The lowest BCUT2D eigenvalue weighted by Crippen LogP contribution is -2.45. The zero-order valence-corrected chi connectivity index (χ0v) is 10.2. The van der Waals surface area contributed by atoms with Crippen molar-refractivity contribution < 1.29 is 9.90 Å². The summed E-state index contributed by atoms with van der Waals surface area (Å²) in [4.78, 5) is 17.9. The van der Waals surface area contributed by atoms with Crippen molar-refractivity contribution in [1.82, 2.24) is 9.88 Å². The van der Waals surface area contributed by atoms with Crippen LogP contribution in [0, 0.1) is 0 Å². The van der Waals surface area contributed by atoms with E-state index in [1.54, 1.807) is 23.2 Å². The number of hydrogen-bond donors (Lipinski definition) is 1. The molecule has 0 bridgehead atoms. The van der Waals surface area contributed by atoms with E-state index in [-0.39, 0.29) is 23.7 Å². The van der Waals surface area contributed by atoms with Crippen LogP contribution in [0.25, 0.3) is 0 Å². The van der Waals surface area contributed by atoms with Crippen LogP contribution in [0.4, 0.5) is 0 Å². The van der Waals surface area contributed by atoms with Crippen LogP contribution >= 0.6 is 11.6 Å². The third-order valence-corrected chi connectivity index (χ3v) is 3.39. The number of aromatic nitrogens is 1. The van der Waals surface area contributed by atoms with Crippen LogP contribution in [0.5, 0.6) is 0 Å². The van der Waals surface area contributed by atoms with Crippen LogP contribution in [-0.2, 0) is 0 Å². The first-order valence-corrected chi connectivity index (χ1v) is 6.14. The van der Waals surface area contributed by atoms with Crippen molar-refractivity contribution in [1.29, 1.82) is 0 Å². The van der Waals surface area contributed by atoms with E-state index in [4.69, 9.17) is 11.6 Å². The largest absolute Gasteiger partial charge is 0.394 e. The van der Waals surface area contributed by atoms with Gasteiger partial charge in [0.25, 0.3) is 5.91 Å². The number of nitrogens with zero attached hydrogens (tertiary/aromatic N) is 2. The van der Waals surface area contributed by atoms with E-state index in [9.17, 15) is 9.90 Å². The summed E-state index contributed by atoms with van der Waals surface area (Å²) >= 11 is 5.91. The van der Waals surface area contributed by atoms with E-state index in [1.807, 2.05) is 0 Å². The molecule has 17 heavy (non-hydrogen) atoms. The zero-order chi connectivity index (χ0) is 12.3. The number of aliphatic hydroxyl groups is 1. The summed E-state index contributed by atoms with van der Waals surface area (Å²) in [5, 5.41) is 9.51. The number of likely N-dealkylation sites (tertiary alicyclic amines) is 1. The molecular formula is C12H15ClN2O2. The maximum absolute atomic E-state index is 12.3. The Hall–Kier alpha value is -1.13. The minimum Gasteiger partial charge on any atom is -0.394 e. The van der Waals surface area contributed by atoms with E-state index < -0.39 is 0 Å². The molecule has 5 heteroatoms. The Labute approximate surface area is 105 Å². The Morgan fingerprint density at radius 3 is 3.12 bits per heavy atom.